The quantitative estimate of drug-likeness (QED) is 0.775. The molecule has 0 bridgehead atoms. The smallest absolute Gasteiger partial charge is 0.306 e. The van der Waals surface area contributed by atoms with Gasteiger partial charge in [0, 0.05) is 6.04 Å². The molecule has 0 fully saturated rings. The van der Waals surface area contributed by atoms with Crippen molar-refractivity contribution in [3.8, 4) is 0 Å². The van der Waals surface area contributed by atoms with Crippen LogP contribution in [0.1, 0.15) is 26.3 Å². The van der Waals surface area contributed by atoms with Gasteiger partial charge < -0.3 is 4.98 Å². The molecule has 0 unspecified atom stereocenters. The van der Waals surface area contributed by atoms with Crippen LogP contribution in [0.4, 0.5) is 0 Å². The van der Waals surface area contributed by atoms with Gasteiger partial charge in [0.2, 0.25) is 0 Å². The van der Waals surface area contributed by atoms with Gasteiger partial charge in [0.15, 0.2) is 0 Å². The second kappa shape index (κ2) is 3.33. The predicted octanol–water partition coefficient (Wildman–Crippen LogP) is 2.30. The van der Waals surface area contributed by atoms with E-state index in [1.165, 1.54) is 0 Å². The molecule has 0 spiro atoms. The molecule has 0 aliphatic heterocycles. The third kappa shape index (κ3) is 1.25. The summed E-state index contributed by atoms with van der Waals surface area (Å²) >= 11 is 0. The SMILES string of the molecule is CC[C@@H](C)n1c(=O)[nH]c2ccccc21. The molecule has 2 rings (SSSR count). The minimum absolute atomic E-state index is 0.0134. The Morgan fingerprint density at radius 1 is 1.43 bits per heavy atom. The minimum Gasteiger partial charge on any atom is -0.306 e. The molecule has 3 heteroatoms. The number of hydrogen-bond acceptors (Lipinski definition) is 1. The maximum absolute atomic E-state index is 11.6. The third-order valence-corrected chi connectivity index (χ3v) is 2.66. The molecule has 2 aromatic rings. The van der Waals surface area contributed by atoms with Crippen molar-refractivity contribution in [3.63, 3.8) is 0 Å². The number of H-pyrrole nitrogens is 1. The zero-order valence-electron chi connectivity index (χ0n) is 8.45. The molecule has 1 atom stereocenters. The molecule has 1 heterocycles. The lowest BCUT2D eigenvalue weighted by molar-refractivity contribution is 0.530. The van der Waals surface area contributed by atoms with Crippen molar-refractivity contribution in [2.45, 2.75) is 26.3 Å². The molecular weight excluding hydrogens is 176 g/mol. The molecular formula is C11H14N2O. The number of rotatable bonds is 2. The molecule has 0 radical (unpaired) electrons. The van der Waals surface area contributed by atoms with Crippen LogP contribution in [0.2, 0.25) is 0 Å². The van der Waals surface area contributed by atoms with E-state index in [4.69, 9.17) is 0 Å². The molecule has 1 aromatic heterocycles. The summed E-state index contributed by atoms with van der Waals surface area (Å²) in [5, 5.41) is 0. The van der Waals surface area contributed by atoms with E-state index >= 15 is 0 Å². The number of para-hydroxylation sites is 2. The molecule has 1 N–H and O–H groups in total. The Hall–Kier alpha value is -1.51. The van der Waals surface area contributed by atoms with Gasteiger partial charge in [-0.15, -0.1) is 0 Å². The number of nitrogens with zero attached hydrogens (tertiary/aromatic N) is 1. The van der Waals surface area contributed by atoms with Crippen LogP contribution in [-0.2, 0) is 0 Å². The fraction of sp³-hybridized carbons (Fsp3) is 0.364. The van der Waals surface area contributed by atoms with E-state index in [0.29, 0.717) is 0 Å². The Bertz CT molecular complexity index is 495. The van der Waals surface area contributed by atoms with E-state index in [1.54, 1.807) is 0 Å². The fourth-order valence-electron chi connectivity index (χ4n) is 1.69. The van der Waals surface area contributed by atoms with Crippen molar-refractivity contribution in [1.29, 1.82) is 0 Å². The van der Waals surface area contributed by atoms with Crippen LogP contribution in [0, 0.1) is 0 Å². The number of imidazole rings is 1. The molecule has 3 nitrogen and oxygen atoms in total. The van der Waals surface area contributed by atoms with Crippen LogP contribution in [0.5, 0.6) is 0 Å². The van der Waals surface area contributed by atoms with Crippen LogP contribution in [-0.4, -0.2) is 9.55 Å². The van der Waals surface area contributed by atoms with Crippen molar-refractivity contribution in [2.24, 2.45) is 0 Å². The summed E-state index contributed by atoms with van der Waals surface area (Å²) in [5.74, 6) is 0. The molecule has 74 valence electrons. The highest BCUT2D eigenvalue weighted by molar-refractivity contribution is 5.75. The second-order valence-electron chi connectivity index (χ2n) is 3.57. The molecule has 0 saturated carbocycles. The first-order valence-corrected chi connectivity index (χ1v) is 4.93. The third-order valence-electron chi connectivity index (χ3n) is 2.66. The van der Waals surface area contributed by atoms with Gasteiger partial charge in [-0.05, 0) is 25.5 Å². The molecule has 0 aliphatic rings. The zero-order chi connectivity index (χ0) is 10.1. The fourth-order valence-corrected chi connectivity index (χ4v) is 1.69. The normalized spacial score (nSPS) is 13.3. The van der Waals surface area contributed by atoms with Crippen LogP contribution in [0.25, 0.3) is 11.0 Å². The topological polar surface area (TPSA) is 37.8 Å². The molecule has 0 amide bonds. The Morgan fingerprint density at radius 3 is 2.86 bits per heavy atom. The first-order valence-electron chi connectivity index (χ1n) is 4.93. The molecule has 1 aromatic carbocycles. The monoisotopic (exact) mass is 190 g/mol. The van der Waals surface area contributed by atoms with Crippen LogP contribution in [0.15, 0.2) is 29.1 Å². The summed E-state index contributed by atoms with van der Waals surface area (Å²) in [5.41, 5.74) is 1.89. The van der Waals surface area contributed by atoms with Crippen molar-refractivity contribution in [2.75, 3.05) is 0 Å². The number of benzene rings is 1. The second-order valence-corrected chi connectivity index (χ2v) is 3.57. The predicted molar refractivity (Wildman–Crippen MR) is 57.6 cm³/mol. The number of aromatic amines is 1. The van der Waals surface area contributed by atoms with Crippen LogP contribution in [0.3, 0.4) is 0 Å². The standard InChI is InChI=1S/C11H14N2O/c1-3-8(2)13-10-7-5-4-6-9(10)12-11(13)14/h4-8H,3H2,1-2H3,(H,12,14)/t8-/m1/s1. The summed E-state index contributed by atoms with van der Waals surface area (Å²) in [6.45, 7) is 4.14. The lowest BCUT2D eigenvalue weighted by Crippen LogP contribution is -2.19. The van der Waals surface area contributed by atoms with Gasteiger partial charge in [0.25, 0.3) is 0 Å². The highest BCUT2D eigenvalue weighted by Gasteiger charge is 2.09. The lowest BCUT2D eigenvalue weighted by Gasteiger charge is -2.09. The summed E-state index contributed by atoms with van der Waals surface area (Å²) in [7, 11) is 0. The van der Waals surface area contributed by atoms with Crippen LogP contribution < -0.4 is 5.69 Å². The van der Waals surface area contributed by atoms with E-state index in [9.17, 15) is 4.79 Å². The Labute approximate surface area is 82.4 Å². The highest BCUT2D eigenvalue weighted by atomic mass is 16.1. The van der Waals surface area contributed by atoms with E-state index < -0.39 is 0 Å². The largest absolute Gasteiger partial charge is 0.326 e. The van der Waals surface area contributed by atoms with Gasteiger partial charge >= 0.3 is 5.69 Å². The maximum atomic E-state index is 11.6. The van der Waals surface area contributed by atoms with Crippen molar-refractivity contribution < 1.29 is 0 Å². The van der Waals surface area contributed by atoms with Crippen molar-refractivity contribution in [3.05, 3.63) is 34.7 Å². The summed E-state index contributed by atoms with van der Waals surface area (Å²) in [6.07, 6.45) is 0.960. The Morgan fingerprint density at radius 2 is 2.14 bits per heavy atom. The average molecular weight is 190 g/mol. The Balaban J connectivity index is 2.74. The number of nitrogens with one attached hydrogen (secondary N) is 1. The number of hydrogen-bond donors (Lipinski definition) is 1. The first-order chi connectivity index (χ1) is 6.74. The van der Waals surface area contributed by atoms with Gasteiger partial charge in [-0.25, -0.2) is 4.79 Å². The van der Waals surface area contributed by atoms with Gasteiger partial charge in [-0.1, -0.05) is 19.1 Å². The highest BCUT2D eigenvalue weighted by Crippen LogP contribution is 2.15. The maximum Gasteiger partial charge on any atom is 0.326 e. The van der Waals surface area contributed by atoms with E-state index in [0.717, 1.165) is 17.5 Å². The summed E-state index contributed by atoms with van der Waals surface area (Å²) in [4.78, 5) is 14.5. The van der Waals surface area contributed by atoms with E-state index in [-0.39, 0.29) is 11.7 Å². The first kappa shape index (κ1) is 9.06. The van der Waals surface area contributed by atoms with Gasteiger partial charge in [0.1, 0.15) is 0 Å². The van der Waals surface area contributed by atoms with E-state index in [1.807, 2.05) is 28.8 Å². The molecule has 0 saturated heterocycles. The lowest BCUT2D eigenvalue weighted by atomic mass is 10.2. The van der Waals surface area contributed by atoms with Crippen molar-refractivity contribution >= 4 is 11.0 Å². The molecule has 14 heavy (non-hydrogen) atoms. The van der Waals surface area contributed by atoms with Gasteiger partial charge in [-0.3, -0.25) is 4.57 Å². The Kier molecular flexibility index (Phi) is 2.15. The number of aromatic nitrogens is 2. The summed E-state index contributed by atoms with van der Waals surface area (Å²) in [6, 6.07) is 8.03. The minimum atomic E-state index is -0.0134. The average Bonchev–Trinajstić information content (AvgIpc) is 2.53. The van der Waals surface area contributed by atoms with Crippen molar-refractivity contribution in [1.82, 2.24) is 9.55 Å². The van der Waals surface area contributed by atoms with E-state index in [2.05, 4.69) is 18.8 Å². The van der Waals surface area contributed by atoms with Crippen LogP contribution >= 0.6 is 0 Å². The number of fused-ring (bicyclic) bond motifs is 1. The van der Waals surface area contributed by atoms with Gasteiger partial charge in [-0.2, -0.15) is 0 Å². The zero-order valence-corrected chi connectivity index (χ0v) is 8.45. The molecule has 0 aliphatic carbocycles. The summed E-state index contributed by atoms with van der Waals surface area (Å²) < 4.78 is 1.81. The van der Waals surface area contributed by atoms with Gasteiger partial charge in [0.05, 0.1) is 11.0 Å².